The van der Waals surface area contributed by atoms with Crippen LogP contribution in [0.15, 0.2) is 59.8 Å². The number of fused-ring (bicyclic) bond motifs is 1. The van der Waals surface area contributed by atoms with Gasteiger partial charge in [-0.3, -0.25) is 4.98 Å². The fourth-order valence-electron chi connectivity index (χ4n) is 2.85. The minimum absolute atomic E-state index is 0.752. The van der Waals surface area contributed by atoms with Crippen molar-refractivity contribution in [1.82, 2.24) is 15.0 Å². The molecule has 0 atom stereocenters. The van der Waals surface area contributed by atoms with Crippen molar-refractivity contribution in [3.8, 4) is 11.5 Å². The predicted octanol–water partition coefficient (Wildman–Crippen LogP) is 4.32. The molecule has 0 saturated carbocycles. The Morgan fingerprint density at radius 1 is 0.913 bits per heavy atom. The highest BCUT2D eigenvalue weighted by Crippen LogP contribution is 2.32. The Hall–Kier alpha value is -2.20. The highest BCUT2D eigenvalue weighted by Gasteiger charge is 2.20. The first-order valence-corrected chi connectivity index (χ1v) is 8.86. The van der Waals surface area contributed by atoms with Gasteiger partial charge in [-0.25, -0.2) is 9.97 Å². The summed E-state index contributed by atoms with van der Waals surface area (Å²) in [6.07, 6.45) is 5.11. The van der Waals surface area contributed by atoms with Crippen molar-refractivity contribution in [1.29, 1.82) is 0 Å². The summed E-state index contributed by atoms with van der Waals surface area (Å²) < 4.78 is 0. The SMILES string of the molecule is c1ccc(CSc2nc(-c3ccccn3)nc3c2CCC3)cc1. The highest BCUT2D eigenvalue weighted by molar-refractivity contribution is 7.98. The molecule has 4 rings (SSSR count). The van der Waals surface area contributed by atoms with Crippen LogP contribution in [-0.4, -0.2) is 15.0 Å². The third-order valence-electron chi connectivity index (χ3n) is 4.01. The largest absolute Gasteiger partial charge is 0.253 e. The zero-order chi connectivity index (χ0) is 15.5. The average molecular weight is 319 g/mol. The van der Waals surface area contributed by atoms with Crippen molar-refractivity contribution in [2.24, 2.45) is 0 Å². The van der Waals surface area contributed by atoms with Gasteiger partial charge in [0.1, 0.15) is 10.7 Å². The van der Waals surface area contributed by atoms with E-state index in [1.54, 1.807) is 6.20 Å². The normalized spacial score (nSPS) is 13.0. The minimum Gasteiger partial charge on any atom is -0.253 e. The van der Waals surface area contributed by atoms with E-state index in [0.717, 1.165) is 35.1 Å². The number of aryl methyl sites for hydroxylation is 1. The van der Waals surface area contributed by atoms with Crippen molar-refractivity contribution >= 4 is 11.8 Å². The van der Waals surface area contributed by atoms with Crippen LogP contribution in [0.2, 0.25) is 0 Å². The summed E-state index contributed by atoms with van der Waals surface area (Å²) in [5.41, 5.74) is 4.72. The average Bonchev–Trinajstić information content (AvgIpc) is 3.10. The summed E-state index contributed by atoms with van der Waals surface area (Å²) in [6, 6.07) is 16.4. The summed E-state index contributed by atoms with van der Waals surface area (Å²) in [5.74, 6) is 1.69. The molecule has 0 saturated heterocycles. The van der Waals surface area contributed by atoms with E-state index in [-0.39, 0.29) is 0 Å². The van der Waals surface area contributed by atoms with Crippen molar-refractivity contribution in [2.75, 3.05) is 0 Å². The molecule has 3 nitrogen and oxygen atoms in total. The smallest absolute Gasteiger partial charge is 0.179 e. The quantitative estimate of drug-likeness (QED) is 0.530. The van der Waals surface area contributed by atoms with Gasteiger partial charge in [-0.15, -0.1) is 11.8 Å². The number of benzene rings is 1. The second kappa shape index (κ2) is 6.50. The summed E-state index contributed by atoms with van der Waals surface area (Å²) in [4.78, 5) is 14.0. The number of thioether (sulfide) groups is 1. The Labute approximate surface area is 140 Å². The lowest BCUT2D eigenvalue weighted by atomic mass is 10.2. The molecule has 0 aliphatic heterocycles. The van der Waals surface area contributed by atoms with Crippen LogP contribution in [-0.2, 0) is 18.6 Å². The lowest BCUT2D eigenvalue weighted by Crippen LogP contribution is -2.00. The van der Waals surface area contributed by atoms with Crippen molar-refractivity contribution in [3.05, 3.63) is 71.5 Å². The molecule has 2 heterocycles. The van der Waals surface area contributed by atoms with E-state index in [2.05, 4.69) is 35.3 Å². The molecule has 2 aromatic heterocycles. The number of nitrogens with zero attached hydrogens (tertiary/aromatic N) is 3. The lowest BCUT2D eigenvalue weighted by molar-refractivity contribution is 0.896. The summed E-state index contributed by atoms with van der Waals surface area (Å²) >= 11 is 1.81. The van der Waals surface area contributed by atoms with E-state index in [4.69, 9.17) is 9.97 Å². The molecule has 0 bridgehead atoms. The van der Waals surface area contributed by atoms with Gasteiger partial charge in [0.25, 0.3) is 0 Å². The second-order valence-corrected chi connectivity index (χ2v) is 6.58. The Balaban J connectivity index is 1.67. The van der Waals surface area contributed by atoms with E-state index in [1.165, 1.54) is 23.2 Å². The zero-order valence-electron chi connectivity index (χ0n) is 12.8. The van der Waals surface area contributed by atoms with Crippen molar-refractivity contribution < 1.29 is 0 Å². The molecule has 0 unspecified atom stereocenters. The molecule has 0 fully saturated rings. The molecule has 0 amide bonds. The number of rotatable bonds is 4. The van der Waals surface area contributed by atoms with Gasteiger partial charge in [-0.05, 0) is 37.0 Å². The van der Waals surface area contributed by atoms with Crippen LogP contribution in [0.25, 0.3) is 11.5 Å². The Morgan fingerprint density at radius 2 is 1.78 bits per heavy atom. The minimum atomic E-state index is 0.752. The van der Waals surface area contributed by atoms with Gasteiger partial charge < -0.3 is 0 Å². The summed E-state index contributed by atoms with van der Waals surface area (Å²) in [7, 11) is 0. The number of hydrogen-bond acceptors (Lipinski definition) is 4. The molecule has 4 heteroatoms. The van der Waals surface area contributed by atoms with Crippen LogP contribution in [0.3, 0.4) is 0 Å². The van der Waals surface area contributed by atoms with Gasteiger partial charge in [0.2, 0.25) is 0 Å². The van der Waals surface area contributed by atoms with Crippen LogP contribution in [0, 0.1) is 0 Å². The maximum absolute atomic E-state index is 4.82. The van der Waals surface area contributed by atoms with Gasteiger partial charge in [0, 0.05) is 23.2 Å². The van der Waals surface area contributed by atoms with Gasteiger partial charge in [-0.2, -0.15) is 0 Å². The standard InChI is InChI=1S/C19H17N3S/c1-2-7-14(8-3-1)13-23-19-15-9-6-11-16(15)21-18(22-19)17-10-4-5-12-20-17/h1-5,7-8,10,12H,6,9,11,13H2. The van der Waals surface area contributed by atoms with Crippen molar-refractivity contribution in [3.63, 3.8) is 0 Å². The molecule has 1 aromatic carbocycles. The second-order valence-electron chi connectivity index (χ2n) is 5.62. The first kappa shape index (κ1) is 14.4. The third-order valence-corrected chi connectivity index (χ3v) is 5.10. The maximum Gasteiger partial charge on any atom is 0.179 e. The highest BCUT2D eigenvalue weighted by atomic mass is 32.2. The number of aromatic nitrogens is 3. The molecule has 114 valence electrons. The maximum atomic E-state index is 4.82. The monoisotopic (exact) mass is 319 g/mol. The van der Waals surface area contributed by atoms with E-state index in [1.807, 2.05) is 30.0 Å². The van der Waals surface area contributed by atoms with Gasteiger partial charge in [0.15, 0.2) is 5.82 Å². The number of hydrogen-bond donors (Lipinski definition) is 0. The number of pyridine rings is 1. The topological polar surface area (TPSA) is 38.7 Å². The molecule has 3 aromatic rings. The van der Waals surface area contributed by atoms with E-state index in [0.29, 0.717) is 0 Å². The van der Waals surface area contributed by atoms with Gasteiger partial charge >= 0.3 is 0 Å². The van der Waals surface area contributed by atoms with Gasteiger partial charge in [0.05, 0.1) is 0 Å². The molecule has 1 aliphatic carbocycles. The van der Waals surface area contributed by atoms with Gasteiger partial charge in [-0.1, -0.05) is 36.4 Å². The molecular formula is C19H17N3S. The van der Waals surface area contributed by atoms with Crippen LogP contribution >= 0.6 is 11.8 Å². The Kier molecular flexibility index (Phi) is 4.07. The first-order valence-electron chi connectivity index (χ1n) is 7.88. The van der Waals surface area contributed by atoms with Crippen LogP contribution < -0.4 is 0 Å². The van der Waals surface area contributed by atoms with E-state index < -0.39 is 0 Å². The molecule has 0 N–H and O–H groups in total. The molecule has 23 heavy (non-hydrogen) atoms. The van der Waals surface area contributed by atoms with E-state index in [9.17, 15) is 0 Å². The molecule has 1 aliphatic rings. The zero-order valence-corrected chi connectivity index (χ0v) is 13.6. The molecular weight excluding hydrogens is 302 g/mol. The molecule has 0 radical (unpaired) electrons. The lowest BCUT2D eigenvalue weighted by Gasteiger charge is -2.09. The molecule has 0 spiro atoms. The van der Waals surface area contributed by atoms with Crippen LogP contribution in [0.1, 0.15) is 23.2 Å². The fraction of sp³-hybridized carbons (Fsp3) is 0.211. The van der Waals surface area contributed by atoms with Crippen molar-refractivity contribution in [2.45, 2.75) is 30.0 Å². The van der Waals surface area contributed by atoms with E-state index >= 15 is 0 Å². The van der Waals surface area contributed by atoms with Crippen LogP contribution in [0.4, 0.5) is 0 Å². The Morgan fingerprint density at radius 3 is 2.61 bits per heavy atom. The third kappa shape index (κ3) is 3.13. The summed E-state index contributed by atoms with van der Waals surface area (Å²) in [5, 5.41) is 1.12. The fourth-order valence-corrected chi connectivity index (χ4v) is 3.89. The predicted molar refractivity (Wildman–Crippen MR) is 93.3 cm³/mol. The summed E-state index contributed by atoms with van der Waals surface area (Å²) in [6.45, 7) is 0. The van der Waals surface area contributed by atoms with Crippen LogP contribution in [0.5, 0.6) is 0 Å². The first-order chi connectivity index (χ1) is 11.4. The Bertz CT molecular complexity index is 804.